The Morgan fingerprint density at radius 2 is 2.18 bits per heavy atom. The molecule has 0 radical (unpaired) electrons. The molecule has 1 fully saturated rings. The van der Waals surface area contributed by atoms with Crippen LogP contribution in [0.5, 0.6) is 0 Å². The molecule has 1 rings (SSSR count). The number of hydrogen-bond acceptors (Lipinski definition) is 2. The molecule has 0 spiro atoms. The molecule has 0 bridgehead atoms. The number of aldehydes is 1. The summed E-state index contributed by atoms with van der Waals surface area (Å²) in [5, 5.41) is 0. The zero-order valence-electron chi connectivity index (χ0n) is 7.09. The van der Waals surface area contributed by atoms with Crippen molar-refractivity contribution in [2.75, 3.05) is 0 Å². The Bertz CT molecular complexity index is 182. The predicted octanol–water partition coefficient (Wildman–Crippen LogP) is 1.58. The third-order valence-corrected chi connectivity index (χ3v) is 2.73. The lowest BCUT2D eigenvalue weighted by Crippen LogP contribution is -2.37. The number of hydrogen-bond donors (Lipinski definition) is 0. The van der Waals surface area contributed by atoms with E-state index in [0.29, 0.717) is 6.42 Å². The molecule has 1 aliphatic carbocycles. The van der Waals surface area contributed by atoms with Gasteiger partial charge in [-0.1, -0.05) is 13.8 Å². The summed E-state index contributed by atoms with van der Waals surface area (Å²) < 4.78 is 0. The number of rotatable bonds is 1. The molecule has 0 aromatic rings. The van der Waals surface area contributed by atoms with Crippen molar-refractivity contribution in [3.05, 3.63) is 0 Å². The topological polar surface area (TPSA) is 34.1 Å². The first kappa shape index (κ1) is 8.44. The number of carbonyl (C=O) groups excluding carboxylic acids is 2. The van der Waals surface area contributed by atoms with Crippen LogP contribution in [0.2, 0.25) is 0 Å². The summed E-state index contributed by atoms with van der Waals surface area (Å²) in [6.07, 6.45) is 3.34. The van der Waals surface area contributed by atoms with Gasteiger partial charge in [0, 0.05) is 17.8 Å². The van der Waals surface area contributed by atoms with Gasteiger partial charge in [-0.3, -0.25) is 4.79 Å². The van der Waals surface area contributed by atoms with Gasteiger partial charge in [0.05, 0.1) is 0 Å². The predicted molar refractivity (Wildman–Crippen MR) is 42.2 cm³/mol. The van der Waals surface area contributed by atoms with E-state index < -0.39 is 5.41 Å². The van der Waals surface area contributed by atoms with Gasteiger partial charge in [-0.25, -0.2) is 0 Å². The minimum atomic E-state index is -0.403. The average Bonchev–Trinajstić information content (AvgIpc) is 1.95. The fraction of sp³-hybridized carbons (Fsp3) is 0.778. The van der Waals surface area contributed by atoms with Crippen LogP contribution in [0.4, 0.5) is 0 Å². The van der Waals surface area contributed by atoms with Crippen molar-refractivity contribution in [2.24, 2.45) is 11.3 Å². The summed E-state index contributed by atoms with van der Waals surface area (Å²) in [5.74, 6) is 0.185. The second-order valence-electron chi connectivity index (χ2n) is 3.78. The van der Waals surface area contributed by atoms with Crippen LogP contribution in [0.25, 0.3) is 0 Å². The minimum Gasteiger partial charge on any atom is -0.303 e. The molecule has 11 heavy (non-hydrogen) atoms. The van der Waals surface area contributed by atoms with Crippen molar-refractivity contribution >= 4 is 12.1 Å². The van der Waals surface area contributed by atoms with Crippen molar-refractivity contribution in [3.63, 3.8) is 0 Å². The van der Waals surface area contributed by atoms with Gasteiger partial charge < -0.3 is 4.79 Å². The summed E-state index contributed by atoms with van der Waals surface area (Å²) in [6.45, 7) is 3.74. The summed E-state index contributed by atoms with van der Waals surface area (Å²) in [6, 6.07) is 0. The molecule has 0 saturated heterocycles. The van der Waals surface area contributed by atoms with Crippen LogP contribution >= 0.6 is 0 Å². The van der Waals surface area contributed by atoms with Gasteiger partial charge in [0.25, 0.3) is 0 Å². The van der Waals surface area contributed by atoms with E-state index >= 15 is 0 Å². The van der Waals surface area contributed by atoms with E-state index in [-0.39, 0.29) is 11.7 Å². The van der Waals surface area contributed by atoms with E-state index in [1.807, 2.05) is 13.8 Å². The Balaban J connectivity index is 2.80. The molecule has 2 nitrogen and oxygen atoms in total. The number of Topliss-reactive ketones (excluding diaryl/α,β-unsaturated/α-hetero) is 1. The number of carbonyl (C=O) groups is 2. The first-order chi connectivity index (χ1) is 5.09. The van der Waals surface area contributed by atoms with Crippen LogP contribution in [-0.4, -0.2) is 12.1 Å². The first-order valence-corrected chi connectivity index (χ1v) is 4.07. The second-order valence-corrected chi connectivity index (χ2v) is 3.78. The molecule has 0 aromatic heterocycles. The summed E-state index contributed by atoms with van der Waals surface area (Å²) >= 11 is 0. The highest BCUT2D eigenvalue weighted by Gasteiger charge is 2.38. The fourth-order valence-electron chi connectivity index (χ4n) is 1.61. The maximum atomic E-state index is 11.3. The van der Waals surface area contributed by atoms with E-state index in [1.54, 1.807) is 0 Å². The van der Waals surface area contributed by atoms with Gasteiger partial charge in [-0.2, -0.15) is 0 Å². The van der Waals surface area contributed by atoms with Gasteiger partial charge in [0.1, 0.15) is 12.1 Å². The van der Waals surface area contributed by atoms with Crippen molar-refractivity contribution in [1.82, 2.24) is 0 Å². The van der Waals surface area contributed by atoms with Gasteiger partial charge in [-0.15, -0.1) is 0 Å². The van der Waals surface area contributed by atoms with Gasteiger partial charge >= 0.3 is 0 Å². The van der Waals surface area contributed by atoms with E-state index in [4.69, 9.17) is 0 Å². The monoisotopic (exact) mass is 154 g/mol. The second kappa shape index (κ2) is 2.76. The molecular weight excluding hydrogens is 140 g/mol. The lowest BCUT2D eigenvalue weighted by atomic mass is 9.69. The standard InChI is InChI=1S/C9H14O2/c1-9(2)7(6-10)4-3-5-8(9)11/h6-7H,3-5H2,1-2H3. The van der Waals surface area contributed by atoms with E-state index in [0.717, 1.165) is 19.1 Å². The van der Waals surface area contributed by atoms with Crippen LogP contribution in [0.15, 0.2) is 0 Å². The molecule has 0 heterocycles. The fourth-order valence-corrected chi connectivity index (χ4v) is 1.61. The third kappa shape index (κ3) is 1.35. The van der Waals surface area contributed by atoms with Crippen molar-refractivity contribution in [1.29, 1.82) is 0 Å². The van der Waals surface area contributed by atoms with Crippen LogP contribution in [0, 0.1) is 11.3 Å². The minimum absolute atomic E-state index is 0.0521. The normalized spacial score (nSPS) is 30.0. The maximum Gasteiger partial charge on any atom is 0.139 e. The van der Waals surface area contributed by atoms with E-state index in [9.17, 15) is 9.59 Å². The summed E-state index contributed by atoms with van der Waals surface area (Å²) in [4.78, 5) is 21.9. The number of ketones is 1. The van der Waals surface area contributed by atoms with E-state index in [1.165, 1.54) is 0 Å². The summed E-state index contributed by atoms with van der Waals surface area (Å²) in [5.41, 5.74) is -0.403. The largest absolute Gasteiger partial charge is 0.303 e. The molecular formula is C9H14O2. The van der Waals surface area contributed by atoms with Crippen LogP contribution in [0.1, 0.15) is 33.1 Å². The molecule has 0 N–H and O–H groups in total. The molecule has 2 heteroatoms. The zero-order valence-corrected chi connectivity index (χ0v) is 7.09. The van der Waals surface area contributed by atoms with Crippen LogP contribution < -0.4 is 0 Å². The average molecular weight is 154 g/mol. The van der Waals surface area contributed by atoms with Crippen molar-refractivity contribution in [3.8, 4) is 0 Å². The Morgan fingerprint density at radius 1 is 1.55 bits per heavy atom. The Morgan fingerprint density at radius 3 is 2.64 bits per heavy atom. The molecule has 0 aliphatic heterocycles. The Kier molecular flexibility index (Phi) is 2.12. The highest BCUT2D eigenvalue weighted by atomic mass is 16.1. The Hall–Kier alpha value is -0.660. The van der Waals surface area contributed by atoms with Gasteiger partial charge in [0.2, 0.25) is 0 Å². The molecule has 1 aliphatic rings. The molecule has 0 aromatic carbocycles. The highest BCUT2D eigenvalue weighted by molar-refractivity contribution is 5.87. The quantitative estimate of drug-likeness (QED) is 0.537. The van der Waals surface area contributed by atoms with E-state index in [2.05, 4.69) is 0 Å². The van der Waals surface area contributed by atoms with Crippen molar-refractivity contribution in [2.45, 2.75) is 33.1 Å². The third-order valence-electron chi connectivity index (χ3n) is 2.73. The van der Waals surface area contributed by atoms with Gasteiger partial charge in [0.15, 0.2) is 0 Å². The molecule has 1 saturated carbocycles. The molecule has 1 unspecified atom stereocenters. The molecule has 0 amide bonds. The van der Waals surface area contributed by atoms with Crippen LogP contribution in [-0.2, 0) is 9.59 Å². The Labute approximate surface area is 67.0 Å². The van der Waals surface area contributed by atoms with Gasteiger partial charge in [-0.05, 0) is 12.8 Å². The maximum absolute atomic E-state index is 11.3. The SMILES string of the molecule is CC1(C)C(=O)CCCC1C=O. The summed E-state index contributed by atoms with van der Waals surface area (Å²) in [7, 11) is 0. The molecule has 1 atom stereocenters. The molecule has 62 valence electrons. The zero-order chi connectivity index (χ0) is 8.48. The first-order valence-electron chi connectivity index (χ1n) is 4.07. The smallest absolute Gasteiger partial charge is 0.139 e. The lowest BCUT2D eigenvalue weighted by molar-refractivity contribution is -0.136. The highest BCUT2D eigenvalue weighted by Crippen LogP contribution is 2.36. The van der Waals surface area contributed by atoms with Crippen LogP contribution in [0.3, 0.4) is 0 Å². The lowest BCUT2D eigenvalue weighted by Gasteiger charge is -2.33. The van der Waals surface area contributed by atoms with Crippen molar-refractivity contribution < 1.29 is 9.59 Å².